The first-order valence-electron chi connectivity index (χ1n) is 6.65. The molecule has 20 heavy (non-hydrogen) atoms. The summed E-state index contributed by atoms with van der Waals surface area (Å²) in [5, 5.41) is 0. The van der Waals surface area contributed by atoms with Crippen LogP contribution in [0.25, 0.3) is 11.2 Å². The lowest BCUT2D eigenvalue weighted by Gasteiger charge is -2.24. The number of aromatic amines is 1. The van der Waals surface area contributed by atoms with Gasteiger partial charge >= 0.3 is 0 Å². The topological polar surface area (TPSA) is 76.8 Å². The van der Waals surface area contributed by atoms with Crippen LogP contribution in [0.3, 0.4) is 0 Å². The molecule has 0 bridgehead atoms. The summed E-state index contributed by atoms with van der Waals surface area (Å²) in [5.41, 5.74) is 8.46. The first kappa shape index (κ1) is 11.3. The Morgan fingerprint density at radius 2 is 2.05 bits per heavy atom. The Morgan fingerprint density at radius 3 is 3.00 bits per heavy atom. The summed E-state index contributed by atoms with van der Waals surface area (Å²) in [7, 11) is 0. The Morgan fingerprint density at radius 1 is 1.15 bits per heavy atom. The molecule has 1 atom stereocenters. The monoisotopic (exact) mass is 266 g/mol. The van der Waals surface area contributed by atoms with Gasteiger partial charge in [-0.1, -0.05) is 18.2 Å². The molecule has 3 aromatic rings. The van der Waals surface area contributed by atoms with Gasteiger partial charge in [-0.25, -0.2) is 9.97 Å². The highest BCUT2D eigenvalue weighted by Gasteiger charge is 2.25. The number of nitrogens with zero attached hydrogens (tertiary/aromatic N) is 2. The first-order chi connectivity index (χ1) is 9.81. The molecule has 0 aliphatic carbocycles. The van der Waals surface area contributed by atoms with E-state index in [9.17, 15) is 0 Å². The van der Waals surface area contributed by atoms with Crippen LogP contribution in [0.5, 0.6) is 5.75 Å². The van der Waals surface area contributed by atoms with Crippen molar-refractivity contribution in [2.75, 3.05) is 12.3 Å². The Hall–Kier alpha value is -2.56. The number of imidazole rings is 1. The molecule has 3 N–H and O–H groups in total. The molecule has 0 saturated heterocycles. The average Bonchev–Trinajstić information content (AvgIpc) is 2.89. The van der Waals surface area contributed by atoms with E-state index in [1.807, 2.05) is 24.3 Å². The number of nitrogen functional groups attached to an aromatic ring is 1. The van der Waals surface area contributed by atoms with Gasteiger partial charge < -0.3 is 15.5 Å². The molecule has 100 valence electrons. The van der Waals surface area contributed by atoms with Crippen LogP contribution in [-0.4, -0.2) is 21.6 Å². The van der Waals surface area contributed by atoms with Gasteiger partial charge in [0, 0.05) is 11.5 Å². The fourth-order valence-corrected chi connectivity index (χ4v) is 2.72. The predicted octanol–water partition coefficient (Wildman–Crippen LogP) is 2.45. The summed E-state index contributed by atoms with van der Waals surface area (Å²) >= 11 is 0. The van der Waals surface area contributed by atoms with Gasteiger partial charge in [0.25, 0.3) is 0 Å². The lowest BCUT2D eigenvalue weighted by atomic mass is 9.92. The molecular weight excluding hydrogens is 252 g/mol. The van der Waals surface area contributed by atoms with Crippen LogP contribution in [0.1, 0.15) is 23.7 Å². The highest BCUT2D eigenvalue weighted by atomic mass is 16.5. The van der Waals surface area contributed by atoms with Gasteiger partial charge in [-0.05, 0) is 24.6 Å². The third-order valence-electron chi connectivity index (χ3n) is 3.67. The molecule has 0 fully saturated rings. The van der Waals surface area contributed by atoms with E-state index in [4.69, 9.17) is 10.5 Å². The fourth-order valence-electron chi connectivity index (χ4n) is 2.72. The molecule has 0 spiro atoms. The van der Waals surface area contributed by atoms with E-state index in [1.165, 1.54) is 5.56 Å². The van der Waals surface area contributed by atoms with Gasteiger partial charge in [0.15, 0.2) is 5.65 Å². The number of ether oxygens (including phenoxy) is 1. The number of hydrogen-bond donors (Lipinski definition) is 2. The van der Waals surface area contributed by atoms with Crippen molar-refractivity contribution in [3.63, 3.8) is 0 Å². The van der Waals surface area contributed by atoms with Crippen molar-refractivity contribution in [2.45, 2.75) is 12.3 Å². The van der Waals surface area contributed by atoms with E-state index in [-0.39, 0.29) is 5.92 Å². The van der Waals surface area contributed by atoms with E-state index in [2.05, 4.69) is 21.0 Å². The lowest BCUT2D eigenvalue weighted by molar-refractivity contribution is 0.275. The summed E-state index contributed by atoms with van der Waals surface area (Å²) in [6.07, 6.45) is 0.909. The molecule has 1 unspecified atom stereocenters. The van der Waals surface area contributed by atoms with Crippen molar-refractivity contribution in [3.05, 3.63) is 47.8 Å². The largest absolute Gasteiger partial charge is 0.493 e. The standard InChI is InChI=1S/C15H14N4O/c16-13-6-5-11-15(18-13)19-14(17-11)10-7-8-20-12-4-2-1-3-9(10)12/h1-6,10H,7-8H2,(H3,16,17,18,19). The van der Waals surface area contributed by atoms with E-state index in [0.717, 1.165) is 23.5 Å². The molecule has 1 aromatic carbocycles. The second-order valence-corrected chi connectivity index (χ2v) is 4.96. The number of rotatable bonds is 1. The zero-order valence-corrected chi connectivity index (χ0v) is 10.8. The normalized spacial score (nSPS) is 17.7. The van der Waals surface area contributed by atoms with Gasteiger partial charge in [0.1, 0.15) is 17.4 Å². The number of para-hydroxylation sites is 1. The van der Waals surface area contributed by atoms with E-state index in [0.29, 0.717) is 18.1 Å². The van der Waals surface area contributed by atoms with Gasteiger partial charge in [0.05, 0.1) is 12.1 Å². The fraction of sp³-hybridized carbons (Fsp3) is 0.200. The number of aromatic nitrogens is 3. The van der Waals surface area contributed by atoms with Gasteiger partial charge in [-0.15, -0.1) is 0 Å². The van der Waals surface area contributed by atoms with Crippen LogP contribution in [0, 0.1) is 0 Å². The van der Waals surface area contributed by atoms with Crippen molar-refractivity contribution in [3.8, 4) is 5.75 Å². The minimum absolute atomic E-state index is 0.218. The number of fused-ring (bicyclic) bond motifs is 2. The lowest BCUT2D eigenvalue weighted by Crippen LogP contribution is -2.16. The number of hydrogen-bond acceptors (Lipinski definition) is 4. The summed E-state index contributed by atoms with van der Waals surface area (Å²) in [4.78, 5) is 12.2. The maximum Gasteiger partial charge on any atom is 0.179 e. The SMILES string of the molecule is Nc1ccc2[nH]c(C3CCOc4ccccc43)nc2n1. The summed E-state index contributed by atoms with van der Waals surface area (Å²) in [6.45, 7) is 0.703. The number of nitrogens with two attached hydrogens (primary N) is 1. The van der Waals surface area contributed by atoms with Crippen LogP contribution in [0.15, 0.2) is 36.4 Å². The average molecular weight is 266 g/mol. The molecule has 0 radical (unpaired) electrons. The molecule has 1 aliphatic rings. The van der Waals surface area contributed by atoms with Crippen LogP contribution in [0.2, 0.25) is 0 Å². The summed E-state index contributed by atoms with van der Waals surface area (Å²) in [6, 6.07) is 11.8. The van der Waals surface area contributed by atoms with Crippen molar-refractivity contribution in [1.82, 2.24) is 15.0 Å². The Balaban J connectivity index is 1.84. The molecule has 1 aliphatic heterocycles. The Bertz CT molecular complexity index is 780. The molecule has 3 heterocycles. The quantitative estimate of drug-likeness (QED) is 0.709. The maximum atomic E-state index is 5.70. The van der Waals surface area contributed by atoms with Crippen LogP contribution < -0.4 is 10.5 Å². The van der Waals surface area contributed by atoms with Crippen LogP contribution in [-0.2, 0) is 0 Å². The van der Waals surface area contributed by atoms with Gasteiger partial charge in [0.2, 0.25) is 0 Å². The van der Waals surface area contributed by atoms with E-state index in [1.54, 1.807) is 6.07 Å². The smallest absolute Gasteiger partial charge is 0.179 e. The van der Waals surface area contributed by atoms with Crippen molar-refractivity contribution >= 4 is 17.0 Å². The summed E-state index contributed by atoms with van der Waals surface area (Å²) in [5.74, 6) is 2.57. The third-order valence-corrected chi connectivity index (χ3v) is 3.67. The molecule has 2 aromatic heterocycles. The third kappa shape index (κ3) is 1.71. The number of benzene rings is 1. The van der Waals surface area contributed by atoms with Crippen LogP contribution >= 0.6 is 0 Å². The molecule has 5 nitrogen and oxygen atoms in total. The molecule has 5 heteroatoms. The van der Waals surface area contributed by atoms with Crippen molar-refractivity contribution in [2.24, 2.45) is 0 Å². The van der Waals surface area contributed by atoms with Gasteiger partial charge in [-0.3, -0.25) is 0 Å². The summed E-state index contributed by atoms with van der Waals surface area (Å²) < 4.78 is 5.69. The Labute approximate surface area is 115 Å². The highest BCUT2D eigenvalue weighted by molar-refractivity contribution is 5.72. The minimum atomic E-state index is 0.218. The minimum Gasteiger partial charge on any atom is -0.493 e. The highest BCUT2D eigenvalue weighted by Crippen LogP contribution is 2.37. The number of pyridine rings is 1. The van der Waals surface area contributed by atoms with Gasteiger partial charge in [-0.2, -0.15) is 0 Å². The maximum absolute atomic E-state index is 5.70. The second kappa shape index (κ2) is 4.23. The number of anilines is 1. The predicted molar refractivity (Wildman–Crippen MR) is 76.7 cm³/mol. The number of nitrogens with one attached hydrogen (secondary N) is 1. The van der Waals surface area contributed by atoms with Crippen molar-refractivity contribution < 1.29 is 4.74 Å². The van der Waals surface area contributed by atoms with Crippen LogP contribution in [0.4, 0.5) is 5.82 Å². The van der Waals surface area contributed by atoms with Crippen molar-refractivity contribution in [1.29, 1.82) is 0 Å². The molecule has 4 rings (SSSR count). The molecular formula is C15H14N4O. The second-order valence-electron chi connectivity index (χ2n) is 4.96. The molecule has 0 saturated carbocycles. The zero-order valence-electron chi connectivity index (χ0n) is 10.8. The molecule has 0 amide bonds. The van der Waals surface area contributed by atoms with E-state index >= 15 is 0 Å². The number of H-pyrrole nitrogens is 1. The Kier molecular flexibility index (Phi) is 2.39. The van der Waals surface area contributed by atoms with E-state index < -0.39 is 0 Å². The zero-order chi connectivity index (χ0) is 13.5. The first-order valence-corrected chi connectivity index (χ1v) is 6.65.